The van der Waals surface area contributed by atoms with Crippen molar-refractivity contribution in [3.63, 3.8) is 0 Å². The van der Waals surface area contributed by atoms with Gasteiger partial charge in [0, 0.05) is 38.8 Å². The molecule has 34 heavy (non-hydrogen) atoms. The number of hydrogen-bond acceptors (Lipinski definition) is 2. The van der Waals surface area contributed by atoms with E-state index in [1.165, 1.54) is 17.2 Å². The minimum Gasteiger partial charge on any atom is -0.486 e. The quantitative estimate of drug-likeness (QED) is 0.157. The zero-order valence-electron chi connectivity index (χ0n) is 18.7. The predicted octanol–water partition coefficient (Wildman–Crippen LogP) is 8.25. The molecule has 2 nitrogen and oxygen atoms in total. The molecule has 0 fully saturated rings. The second-order valence-electron chi connectivity index (χ2n) is 8.20. The van der Waals surface area contributed by atoms with Crippen molar-refractivity contribution in [2.45, 2.75) is 25.6 Å². The Balaban J connectivity index is 1.56. The summed E-state index contributed by atoms with van der Waals surface area (Å²) >= 11 is 4.51. The molecule has 1 unspecified atom stereocenters. The maximum Gasteiger partial charge on any atom is 0.126 e. The van der Waals surface area contributed by atoms with E-state index < -0.39 is 0 Å². The number of rotatable bonds is 10. The van der Waals surface area contributed by atoms with Gasteiger partial charge in [0.1, 0.15) is 17.7 Å². The third-order valence-corrected chi connectivity index (χ3v) is 7.19. The first-order chi connectivity index (χ1) is 16.6. The van der Waals surface area contributed by atoms with Gasteiger partial charge in [0.05, 0.1) is 0 Å². The van der Waals surface area contributed by atoms with Gasteiger partial charge in [0.15, 0.2) is 0 Å². The van der Waals surface area contributed by atoms with Crippen molar-refractivity contribution in [1.29, 1.82) is 0 Å². The third kappa shape index (κ3) is 7.52. The van der Waals surface area contributed by atoms with Gasteiger partial charge >= 0.3 is 0 Å². The molecule has 0 heterocycles. The van der Waals surface area contributed by atoms with E-state index >= 15 is 0 Å². The Labute approximate surface area is 228 Å². The Kier molecular flexibility index (Phi) is 9.35. The Morgan fingerprint density at radius 3 is 1.97 bits per heavy atom. The van der Waals surface area contributed by atoms with E-state index in [1.54, 1.807) is 6.07 Å². The van der Waals surface area contributed by atoms with Crippen molar-refractivity contribution in [3.8, 4) is 5.75 Å². The summed E-state index contributed by atoms with van der Waals surface area (Å²) in [6.45, 7) is 2.55. The van der Waals surface area contributed by atoms with Gasteiger partial charge in [-0.3, -0.25) is 4.90 Å². The molecule has 4 aromatic rings. The summed E-state index contributed by atoms with van der Waals surface area (Å²) in [6.07, 6.45) is 0.604. The highest BCUT2D eigenvalue weighted by Gasteiger charge is 2.19. The highest BCUT2D eigenvalue weighted by molar-refractivity contribution is 14.1. The van der Waals surface area contributed by atoms with E-state index in [9.17, 15) is 4.39 Å². The predicted molar refractivity (Wildman–Crippen MR) is 153 cm³/mol. The van der Waals surface area contributed by atoms with Crippen LogP contribution in [-0.2, 0) is 13.1 Å². The molecule has 0 radical (unpaired) electrons. The first-order valence-corrected chi connectivity index (χ1v) is 13.4. The average Bonchev–Trinajstić information content (AvgIpc) is 2.83. The molecule has 1 atom stereocenters. The Morgan fingerprint density at radius 1 is 0.735 bits per heavy atom. The smallest absolute Gasteiger partial charge is 0.126 e. The van der Waals surface area contributed by atoms with Gasteiger partial charge in [-0.25, -0.2) is 4.39 Å². The summed E-state index contributed by atoms with van der Waals surface area (Å²) < 4.78 is 22.3. The van der Waals surface area contributed by atoms with Gasteiger partial charge in [-0.15, -0.1) is 0 Å². The van der Waals surface area contributed by atoms with E-state index in [1.807, 2.05) is 42.5 Å². The fourth-order valence-electron chi connectivity index (χ4n) is 3.94. The van der Waals surface area contributed by atoms with Crippen LogP contribution < -0.4 is 4.74 Å². The zero-order valence-corrected chi connectivity index (χ0v) is 23.0. The lowest BCUT2D eigenvalue weighted by Crippen LogP contribution is -2.26. The Hall–Kier alpha value is -1.97. The topological polar surface area (TPSA) is 12.5 Å². The molecule has 0 saturated carbocycles. The standard InChI is InChI=1S/C29H26FI2NO/c30-24-14-15-27(28(32)18-24)29(34-26-13-7-12-25(31)19-26)16-17-33(20-22-8-3-1-4-9-22)21-23-10-5-2-6-11-23/h1-15,18-19,29H,16-17,20-21H2. The molecule has 4 aromatic carbocycles. The van der Waals surface area contributed by atoms with Crippen LogP contribution in [0.1, 0.15) is 29.2 Å². The van der Waals surface area contributed by atoms with E-state index in [4.69, 9.17) is 4.74 Å². The number of benzene rings is 4. The van der Waals surface area contributed by atoms with Gasteiger partial charge < -0.3 is 4.74 Å². The second-order valence-corrected chi connectivity index (χ2v) is 10.6. The number of hydrogen-bond donors (Lipinski definition) is 0. The van der Waals surface area contributed by atoms with Crippen molar-refractivity contribution in [1.82, 2.24) is 4.90 Å². The summed E-state index contributed by atoms with van der Waals surface area (Å²) in [5, 5.41) is 0. The molecule has 0 N–H and O–H groups in total. The molecule has 0 aliphatic heterocycles. The van der Waals surface area contributed by atoms with Gasteiger partial charge in [0.2, 0.25) is 0 Å². The molecule has 5 heteroatoms. The van der Waals surface area contributed by atoms with Crippen LogP contribution in [0, 0.1) is 13.0 Å². The molecule has 0 saturated heterocycles. The highest BCUT2D eigenvalue weighted by atomic mass is 127. The van der Waals surface area contributed by atoms with Crippen LogP contribution in [0.2, 0.25) is 0 Å². The van der Waals surface area contributed by atoms with Crippen LogP contribution in [0.25, 0.3) is 0 Å². The van der Waals surface area contributed by atoms with Gasteiger partial charge in [-0.1, -0.05) is 72.8 Å². The van der Waals surface area contributed by atoms with Crippen LogP contribution >= 0.6 is 45.2 Å². The SMILES string of the molecule is Fc1ccc(C(CCN(Cc2ccccc2)Cc2ccccc2)Oc2cccc(I)c2)c(I)c1. The minimum atomic E-state index is -0.226. The molecule has 0 aromatic heterocycles. The van der Waals surface area contributed by atoms with E-state index in [2.05, 4.69) is 98.6 Å². The Bertz CT molecular complexity index is 1150. The summed E-state index contributed by atoms with van der Waals surface area (Å²) in [6, 6.07) is 34.1. The van der Waals surface area contributed by atoms with Crippen molar-refractivity contribution >= 4 is 45.2 Å². The van der Waals surface area contributed by atoms with Crippen molar-refractivity contribution in [3.05, 3.63) is 133 Å². The summed E-state index contributed by atoms with van der Waals surface area (Å²) in [7, 11) is 0. The molecule has 0 aliphatic carbocycles. The molecular formula is C29H26FI2NO. The maximum absolute atomic E-state index is 13.8. The fraction of sp³-hybridized carbons (Fsp3) is 0.172. The van der Waals surface area contributed by atoms with Crippen LogP contribution in [0.3, 0.4) is 0 Å². The normalized spacial score (nSPS) is 12.0. The minimum absolute atomic E-state index is 0.181. The lowest BCUT2D eigenvalue weighted by Gasteiger charge is -2.27. The van der Waals surface area contributed by atoms with Crippen LogP contribution in [0.5, 0.6) is 5.75 Å². The van der Waals surface area contributed by atoms with Crippen LogP contribution in [-0.4, -0.2) is 11.4 Å². The van der Waals surface area contributed by atoms with Crippen molar-refractivity contribution < 1.29 is 9.13 Å². The molecule has 0 bridgehead atoms. The van der Waals surface area contributed by atoms with Crippen molar-refractivity contribution in [2.24, 2.45) is 0 Å². The molecular weight excluding hydrogens is 651 g/mol. The molecule has 0 aliphatic rings. The largest absolute Gasteiger partial charge is 0.486 e. The number of ether oxygens (including phenoxy) is 1. The lowest BCUT2D eigenvalue weighted by molar-refractivity contribution is 0.156. The van der Waals surface area contributed by atoms with Gasteiger partial charge in [0.25, 0.3) is 0 Å². The zero-order chi connectivity index (χ0) is 23.8. The molecule has 0 amide bonds. The lowest BCUT2D eigenvalue weighted by atomic mass is 10.0. The van der Waals surface area contributed by atoms with Crippen molar-refractivity contribution in [2.75, 3.05) is 6.54 Å². The van der Waals surface area contributed by atoms with E-state index in [0.29, 0.717) is 0 Å². The molecule has 0 spiro atoms. The Morgan fingerprint density at radius 2 is 1.38 bits per heavy atom. The summed E-state index contributed by atoms with van der Waals surface area (Å²) in [4.78, 5) is 2.45. The number of nitrogens with zero attached hydrogens (tertiary/aromatic N) is 1. The molecule has 4 rings (SSSR count). The monoisotopic (exact) mass is 677 g/mol. The maximum atomic E-state index is 13.8. The van der Waals surface area contributed by atoms with E-state index in [-0.39, 0.29) is 11.9 Å². The van der Waals surface area contributed by atoms with Gasteiger partial charge in [-0.05, 0) is 86.6 Å². The fourth-order valence-corrected chi connectivity index (χ4v) is 5.28. The first kappa shape index (κ1) is 25.1. The first-order valence-electron chi connectivity index (χ1n) is 11.2. The third-order valence-electron chi connectivity index (χ3n) is 5.59. The number of halogens is 3. The van der Waals surface area contributed by atoms with Crippen LogP contribution in [0.15, 0.2) is 103 Å². The van der Waals surface area contributed by atoms with Gasteiger partial charge in [-0.2, -0.15) is 0 Å². The summed E-state index contributed by atoms with van der Waals surface area (Å²) in [5.74, 6) is 0.602. The average molecular weight is 677 g/mol. The van der Waals surface area contributed by atoms with Crippen LogP contribution in [0.4, 0.5) is 4.39 Å². The highest BCUT2D eigenvalue weighted by Crippen LogP contribution is 2.30. The second kappa shape index (κ2) is 12.7. The summed E-state index contributed by atoms with van der Waals surface area (Å²) in [5.41, 5.74) is 3.58. The molecule has 174 valence electrons. The van der Waals surface area contributed by atoms with E-state index in [0.717, 1.165) is 44.5 Å².